The van der Waals surface area contributed by atoms with E-state index in [2.05, 4.69) is 12.1 Å². The SMILES string of the molecule is N#CC1C2CCC(O2)C1Cc1ccccc1CCC(=O)O. The summed E-state index contributed by atoms with van der Waals surface area (Å²) >= 11 is 0. The molecular weight excluding hydrogens is 266 g/mol. The van der Waals surface area contributed by atoms with Crippen molar-refractivity contribution in [3.05, 3.63) is 35.4 Å². The van der Waals surface area contributed by atoms with E-state index in [1.807, 2.05) is 18.2 Å². The van der Waals surface area contributed by atoms with Crippen molar-refractivity contribution < 1.29 is 14.6 Å². The number of carboxylic acids is 1. The maximum Gasteiger partial charge on any atom is 0.303 e. The molecule has 4 unspecified atom stereocenters. The number of carbonyl (C=O) groups is 1. The fraction of sp³-hybridized carbons (Fsp3) is 0.529. The summed E-state index contributed by atoms with van der Waals surface area (Å²) in [5.41, 5.74) is 2.25. The van der Waals surface area contributed by atoms with Crippen molar-refractivity contribution in [2.75, 3.05) is 0 Å². The van der Waals surface area contributed by atoms with Gasteiger partial charge in [-0.15, -0.1) is 0 Å². The van der Waals surface area contributed by atoms with Crippen LogP contribution in [0.1, 0.15) is 30.4 Å². The number of aliphatic carboxylic acids is 1. The molecule has 2 heterocycles. The summed E-state index contributed by atoms with van der Waals surface area (Å²) < 4.78 is 5.88. The van der Waals surface area contributed by atoms with E-state index in [9.17, 15) is 10.1 Å². The van der Waals surface area contributed by atoms with Crippen molar-refractivity contribution in [2.24, 2.45) is 11.8 Å². The van der Waals surface area contributed by atoms with Gasteiger partial charge in [-0.3, -0.25) is 4.79 Å². The Bertz CT molecular complexity index is 578. The van der Waals surface area contributed by atoms with Gasteiger partial charge in [0.1, 0.15) is 0 Å². The molecule has 1 N–H and O–H groups in total. The monoisotopic (exact) mass is 285 g/mol. The Morgan fingerprint density at radius 3 is 2.71 bits per heavy atom. The smallest absolute Gasteiger partial charge is 0.303 e. The van der Waals surface area contributed by atoms with E-state index in [0.717, 1.165) is 24.8 Å². The first-order valence-electron chi connectivity index (χ1n) is 7.52. The largest absolute Gasteiger partial charge is 0.481 e. The van der Waals surface area contributed by atoms with Crippen LogP contribution in [-0.4, -0.2) is 23.3 Å². The highest BCUT2D eigenvalue weighted by Crippen LogP contribution is 2.44. The Kier molecular flexibility index (Phi) is 3.94. The van der Waals surface area contributed by atoms with Gasteiger partial charge in [0.15, 0.2) is 0 Å². The van der Waals surface area contributed by atoms with Crippen LogP contribution < -0.4 is 0 Å². The third-order valence-corrected chi connectivity index (χ3v) is 4.76. The second kappa shape index (κ2) is 5.87. The van der Waals surface area contributed by atoms with Crippen LogP contribution in [0.25, 0.3) is 0 Å². The summed E-state index contributed by atoms with van der Waals surface area (Å²) in [6.45, 7) is 0. The molecule has 0 radical (unpaired) electrons. The molecular formula is C17H19NO3. The maximum atomic E-state index is 10.8. The van der Waals surface area contributed by atoms with E-state index in [0.29, 0.717) is 6.42 Å². The van der Waals surface area contributed by atoms with Gasteiger partial charge in [0.25, 0.3) is 0 Å². The number of nitrogens with zero attached hydrogens (tertiary/aromatic N) is 1. The zero-order valence-electron chi connectivity index (χ0n) is 11.9. The van der Waals surface area contributed by atoms with Crippen LogP contribution in [0.3, 0.4) is 0 Å². The standard InChI is InChI=1S/C17H19NO3/c18-10-14-13(15-6-7-16(14)21-15)9-12-4-2-1-3-11(12)5-8-17(19)20/h1-4,13-16H,5-9H2,(H,19,20). The Hall–Kier alpha value is -1.86. The summed E-state index contributed by atoms with van der Waals surface area (Å²) in [4.78, 5) is 10.8. The molecule has 3 rings (SSSR count). The number of rotatable bonds is 5. The summed E-state index contributed by atoms with van der Waals surface area (Å²) in [6, 6.07) is 10.4. The molecule has 2 bridgehead atoms. The zero-order valence-corrected chi connectivity index (χ0v) is 11.9. The average molecular weight is 285 g/mol. The predicted octanol–water partition coefficient (Wildman–Crippen LogP) is 2.56. The van der Waals surface area contributed by atoms with Gasteiger partial charge in [-0.1, -0.05) is 24.3 Å². The quantitative estimate of drug-likeness (QED) is 0.902. The summed E-state index contributed by atoms with van der Waals surface area (Å²) in [7, 11) is 0. The fourth-order valence-electron chi connectivity index (χ4n) is 3.71. The lowest BCUT2D eigenvalue weighted by atomic mass is 9.76. The second-order valence-corrected chi connectivity index (χ2v) is 5.98. The molecule has 0 saturated carbocycles. The number of benzene rings is 1. The van der Waals surface area contributed by atoms with Gasteiger partial charge in [0, 0.05) is 12.3 Å². The first-order valence-corrected chi connectivity index (χ1v) is 7.52. The van der Waals surface area contributed by atoms with Gasteiger partial charge in [0.05, 0.1) is 24.2 Å². The Morgan fingerprint density at radius 2 is 2.00 bits per heavy atom. The minimum absolute atomic E-state index is 0.0173. The third kappa shape index (κ3) is 2.79. The second-order valence-electron chi connectivity index (χ2n) is 5.98. The van der Waals surface area contributed by atoms with E-state index in [1.54, 1.807) is 0 Å². The lowest BCUT2D eigenvalue weighted by Crippen LogP contribution is -2.28. The first kappa shape index (κ1) is 14.1. The van der Waals surface area contributed by atoms with Crippen LogP contribution in [-0.2, 0) is 22.4 Å². The van der Waals surface area contributed by atoms with Crippen LogP contribution in [0.5, 0.6) is 0 Å². The number of hydrogen-bond donors (Lipinski definition) is 1. The highest BCUT2D eigenvalue weighted by atomic mass is 16.5. The molecule has 0 aromatic heterocycles. The Morgan fingerprint density at radius 1 is 1.29 bits per heavy atom. The van der Waals surface area contributed by atoms with Crippen molar-refractivity contribution >= 4 is 5.97 Å². The molecule has 0 aliphatic carbocycles. The van der Waals surface area contributed by atoms with E-state index in [-0.39, 0.29) is 30.5 Å². The molecule has 2 saturated heterocycles. The summed E-state index contributed by atoms with van der Waals surface area (Å²) in [5.74, 6) is -0.543. The molecule has 4 heteroatoms. The van der Waals surface area contributed by atoms with Crippen molar-refractivity contribution in [3.8, 4) is 6.07 Å². The van der Waals surface area contributed by atoms with E-state index in [1.165, 1.54) is 5.56 Å². The number of hydrogen-bond acceptors (Lipinski definition) is 3. The maximum absolute atomic E-state index is 10.8. The molecule has 2 fully saturated rings. The number of nitriles is 1. The number of fused-ring (bicyclic) bond motifs is 2. The fourth-order valence-corrected chi connectivity index (χ4v) is 3.71. The lowest BCUT2D eigenvalue weighted by Gasteiger charge is -2.24. The van der Waals surface area contributed by atoms with Crippen molar-refractivity contribution in [2.45, 2.75) is 44.3 Å². The third-order valence-electron chi connectivity index (χ3n) is 4.76. The zero-order chi connectivity index (χ0) is 14.8. The van der Waals surface area contributed by atoms with Gasteiger partial charge in [-0.2, -0.15) is 5.26 Å². The predicted molar refractivity (Wildman–Crippen MR) is 76.6 cm³/mol. The molecule has 1 aromatic carbocycles. The molecule has 4 atom stereocenters. The van der Waals surface area contributed by atoms with Crippen molar-refractivity contribution in [3.63, 3.8) is 0 Å². The minimum atomic E-state index is -0.775. The molecule has 0 amide bonds. The Balaban J connectivity index is 1.76. The van der Waals surface area contributed by atoms with Gasteiger partial charge >= 0.3 is 5.97 Å². The van der Waals surface area contributed by atoms with Gasteiger partial charge in [-0.05, 0) is 36.8 Å². The van der Waals surface area contributed by atoms with Crippen molar-refractivity contribution in [1.82, 2.24) is 0 Å². The average Bonchev–Trinajstić information content (AvgIpc) is 3.07. The minimum Gasteiger partial charge on any atom is -0.481 e. The molecule has 1 aromatic rings. The van der Waals surface area contributed by atoms with E-state index < -0.39 is 5.97 Å². The van der Waals surface area contributed by atoms with Gasteiger partial charge in [-0.25, -0.2) is 0 Å². The molecule has 4 nitrogen and oxygen atoms in total. The molecule has 2 aliphatic rings. The number of ether oxygens (including phenoxy) is 1. The van der Waals surface area contributed by atoms with E-state index >= 15 is 0 Å². The normalized spacial score (nSPS) is 30.2. The van der Waals surface area contributed by atoms with Crippen LogP contribution in [0, 0.1) is 23.2 Å². The van der Waals surface area contributed by atoms with Crippen LogP contribution in [0.4, 0.5) is 0 Å². The molecule has 0 spiro atoms. The number of carboxylic acid groups (broad SMARTS) is 1. The highest BCUT2D eigenvalue weighted by Gasteiger charge is 2.48. The van der Waals surface area contributed by atoms with Gasteiger partial charge < -0.3 is 9.84 Å². The van der Waals surface area contributed by atoms with Gasteiger partial charge in [0.2, 0.25) is 0 Å². The van der Waals surface area contributed by atoms with Crippen LogP contribution >= 0.6 is 0 Å². The highest BCUT2D eigenvalue weighted by molar-refractivity contribution is 5.67. The summed E-state index contributed by atoms with van der Waals surface area (Å²) in [6.07, 6.45) is 3.86. The van der Waals surface area contributed by atoms with Crippen molar-refractivity contribution in [1.29, 1.82) is 5.26 Å². The van der Waals surface area contributed by atoms with Crippen LogP contribution in [0.2, 0.25) is 0 Å². The first-order chi connectivity index (χ1) is 10.2. The topological polar surface area (TPSA) is 70.3 Å². The molecule has 2 aliphatic heterocycles. The van der Waals surface area contributed by atoms with Crippen LogP contribution in [0.15, 0.2) is 24.3 Å². The van der Waals surface area contributed by atoms with E-state index in [4.69, 9.17) is 9.84 Å². The Labute approximate surface area is 124 Å². The number of aryl methyl sites for hydroxylation is 1. The lowest BCUT2D eigenvalue weighted by molar-refractivity contribution is -0.136. The summed E-state index contributed by atoms with van der Waals surface area (Å²) in [5, 5.41) is 18.2. The molecule has 110 valence electrons. The molecule has 21 heavy (non-hydrogen) atoms.